The van der Waals surface area contributed by atoms with E-state index in [9.17, 15) is 4.79 Å². The number of rotatable bonds is 6. The number of aromatic nitrogens is 2. The number of carboxylic acid groups (broad SMARTS) is 1. The Balaban J connectivity index is 1.97. The Morgan fingerprint density at radius 1 is 1.63 bits per heavy atom. The molecule has 0 radical (unpaired) electrons. The summed E-state index contributed by atoms with van der Waals surface area (Å²) in [5.74, 6) is -0.301. The lowest BCUT2D eigenvalue weighted by atomic mass is 10.0. The molecule has 1 aromatic heterocycles. The van der Waals surface area contributed by atoms with E-state index in [1.54, 1.807) is 0 Å². The largest absolute Gasteiger partial charge is 0.481 e. The highest BCUT2D eigenvalue weighted by molar-refractivity contribution is 6.99. The van der Waals surface area contributed by atoms with Crippen LogP contribution in [0.25, 0.3) is 5.57 Å². The van der Waals surface area contributed by atoms with Crippen molar-refractivity contribution in [3.63, 3.8) is 0 Å². The zero-order valence-corrected chi connectivity index (χ0v) is 11.6. The maximum Gasteiger partial charge on any atom is 0.303 e. The van der Waals surface area contributed by atoms with E-state index in [1.807, 2.05) is 0 Å². The van der Waals surface area contributed by atoms with Crippen LogP contribution in [-0.4, -0.2) is 39.0 Å². The molecule has 0 spiro atoms. The molecule has 1 atom stereocenters. The molecule has 0 fully saturated rings. The van der Waals surface area contributed by atoms with Gasteiger partial charge in [-0.15, -0.1) is 4.37 Å². The first-order valence-electron chi connectivity index (χ1n) is 6.29. The van der Waals surface area contributed by atoms with Crippen LogP contribution in [0.15, 0.2) is 6.08 Å². The van der Waals surface area contributed by atoms with Gasteiger partial charge in [0, 0.05) is 12.5 Å². The number of nitrogens with one attached hydrogen (secondary N) is 1. The summed E-state index contributed by atoms with van der Waals surface area (Å²) in [6.45, 7) is 3.40. The first-order valence-corrected chi connectivity index (χ1v) is 7.02. The molecule has 1 unspecified atom stereocenters. The molecule has 1 aliphatic heterocycles. The van der Waals surface area contributed by atoms with Crippen LogP contribution < -0.4 is 10.1 Å². The Morgan fingerprint density at radius 3 is 3.21 bits per heavy atom. The molecule has 2 N–H and O–H groups in total. The van der Waals surface area contributed by atoms with Crippen molar-refractivity contribution in [3.05, 3.63) is 11.8 Å². The Labute approximate surface area is 115 Å². The van der Waals surface area contributed by atoms with E-state index >= 15 is 0 Å². The highest BCUT2D eigenvalue weighted by Gasteiger charge is 2.21. The first-order chi connectivity index (χ1) is 9.18. The van der Waals surface area contributed by atoms with E-state index in [4.69, 9.17) is 9.84 Å². The molecule has 104 valence electrons. The lowest BCUT2D eigenvalue weighted by Gasteiger charge is -2.21. The fourth-order valence-electron chi connectivity index (χ4n) is 1.96. The Kier molecular flexibility index (Phi) is 4.86. The van der Waals surface area contributed by atoms with Gasteiger partial charge in [0.05, 0.1) is 18.3 Å². The average Bonchev–Trinajstić information content (AvgIpc) is 2.83. The van der Waals surface area contributed by atoms with Gasteiger partial charge in [-0.1, -0.05) is 6.08 Å². The van der Waals surface area contributed by atoms with Gasteiger partial charge in [-0.05, 0) is 31.9 Å². The van der Waals surface area contributed by atoms with Gasteiger partial charge in [0.25, 0.3) is 5.88 Å². The third-order valence-corrected chi connectivity index (χ3v) is 3.44. The van der Waals surface area contributed by atoms with Crippen LogP contribution in [-0.2, 0) is 4.79 Å². The highest BCUT2D eigenvalue weighted by atomic mass is 32.1. The third kappa shape index (κ3) is 3.74. The van der Waals surface area contributed by atoms with E-state index in [0.29, 0.717) is 18.9 Å². The van der Waals surface area contributed by atoms with Crippen LogP contribution in [0.3, 0.4) is 0 Å². The molecule has 0 bridgehead atoms. The number of nitrogens with zero attached hydrogens (tertiary/aromatic N) is 2. The predicted octanol–water partition coefficient (Wildman–Crippen LogP) is 1.55. The molecule has 0 saturated carbocycles. The summed E-state index contributed by atoms with van der Waals surface area (Å²) >= 11 is 1.12. The molecule has 7 heteroatoms. The monoisotopic (exact) mass is 283 g/mol. The van der Waals surface area contributed by atoms with Gasteiger partial charge < -0.3 is 15.2 Å². The van der Waals surface area contributed by atoms with E-state index in [0.717, 1.165) is 36.0 Å². The summed E-state index contributed by atoms with van der Waals surface area (Å²) in [4.78, 5) is 10.4. The predicted molar refractivity (Wildman–Crippen MR) is 72.3 cm³/mol. The number of hydrogen-bond donors (Lipinski definition) is 2. The zero-order valence-electron chi connectivity index (χ0n) is 10.8. The number of carbonyl (C=O) groups is 1. The molecule has 0 amide bonds. The molecule has 0 aliphatic carbocycles. The van der Waals surface area contributed by atoms with Gasteiger partial charge in [0.2, 0.25) is 0 Å². The molecular weight excluding hydrogens is 266 g/mol. The Hall–Kier alpha value is -1.47. The van der Waals surface area contributed by atoms with E-state index in [1.165, 1.54) is 0 Å². The SMILES string of the molecule is CC1NCCC=C1c1nsnc1OCCCC(=O)O. The second-order valence-electron chi connectivity index (χ2n) is 4.39. The zero-order chi connectivity index (χ0) is 13.7. The molecule has 2 rings (SSSR count). The summed E-state index contributed by atoms with van der Waals surface area (Å²) in [5.41, 5.74) is 1.88. The smallest absolute Gasteiger partial charge is 0.303 e. The Bertz CT molecular complexity index is 473. The quantitative estimate of drug-likeness (QED) is 0.771. The lowest BCUT2D eigenvalue weighted by Crippen LogP contribution is -2.31. The standard InChI is InChI=1S/C12H17N3O3S/c1-8-9(4-2-6-13-8)11-12(15-19-14-11)18-7-3-5-10(16)17/h4,8,13H,2-3,5-7H2,1H3,(H,16,17). The highest BCUT2D eigenvalue weighted by Crippen LogP contribution is 2.28. The summed E-state index contributed by atoms with van der Waals surface area (Å²) in [6.07, 6.45) is 3.70. The van der Waals surface area contributed by atoms with Crippen LogP contribution in [0.4, 0.5) is 0 Å². The molecule has 1 aliphatic rings. The summed E-state index contributed by atoms with van der Waals surface area (Å²) in [5, 5.41) is 11.9. The number of carboxylic acids is 1. The van der Waals surface area contributed by atoms with Crippen LogP contribution in [0.2, 0.25) is 0 Å². The van der Waals surface area contributed by atoms with E-state index in [2.05, 4.69) is 27.1 Å². The van der Waals surface area contributed by atoms with Crippen molar-refractivity contribution >= 4 is 23.3 Å². The Morgan fingerprint density at radius 2 is 2.47 bits per heavy atom. The van der Waals surface area contributed by atoms with E-state index in [-0.39, 0.29) is 12.5 Å². The average molecular weight is 283 g/mol. The topological polar surface area (TPSA) is 84.3 Å². The fraction of sp³-hybridized carbons (Fsp3) is 0.583. The van der Waals surface area contributed by atoms with Gasteiger partial charge in [-0.3, -0.25) is 4.79 Å². The molecule has 1 aromatic rings. The molecule has 0 saturated heterocycles. The van der Waals surface area contributed by atoms with Crippen LogP contribution >= 0.6 is 11.7 Å². The minimum absolute atomic E-state index is 0.105. The van der Waals surface area contributed by atoms with Crippen LogP contribution in [0, 0.1) is 0 Å². The summed E-state index contributed by atoms with van der Waals surface area (Å²) in [6, 6.07) is 0.235. The third-order valence-electron chi connectivity index (χ3n) is 2.93. The summed E-state index contributed by atoms with van der Waals surface area (Å²) in [7, 11) is 0. The van der Waals surface area contributed by atoms with Gasteiger partial charge in [-0.2, -0.15) is 4.37 Å². The molecule has 2 heterocycles. The van der Waals surface area contributed by atoms with Crippen molar-refractivity contribution in [1.82, 2.24) is 14.1 Å². The fourth-order valence-corrected chi connectivity index (χ4v) is 2.48. The van der Waals surface area contributed by atoms with Gasteiger partial charge in [0.15, 0.2) is 0 Å². The van der Waals surface area contributed by atoms with Crippen molar-refractivity contribution < 1.29 is 14.6 Å². The normalized spacial score (nSPS) is 19.0. The molecule has 6 nitrogen and oxygen atoms in total. The molecular formula is C12H17N3O3S. The summed E-state index contributed by atoms with van der Waals surface area (Å²) < 4.78 is 14.0. The first kappa shape index (κ1) is 14.0. The molecule has 0 aromatic carbocycles. The van der Waals surface area contributed by atoms with Gasteiger partial charge in [0.1, 0.15) is 5.69 Å². The second-order valence-corrected chi connectivity index (χ2v) is 4.92. The van der Waals surface area contributed by atoms with E-state index < -0.39 is 5.97 Å². The van der Waals surface area contributed by atoms with Crippen molar-refractivity contribution in [3.8, 4) is 5.88 Å². The number of aliphatic carboxylic acids is 1. The van der Waals surface area contributed by atoms with Crippen LogP contribution in [0.1, 0.15) is 31.9 Å². The number of hydrogen-bond acceptors (Lipinski definition) is 6. The van der Waals surface area contributed by atoms with Crippen LogP contribution in [0.5, 0.6) is 5.88 Å². The molecule has 19 heavy (non-hydrogen) atoms. The second kappa shape index (κ2) is 6.63. The minimum Gasteiger partial charge on any atom is -0.481 e. The van der Waals surface area contributed by atoms with Crippen molar-refractivity contribution in [2.45, 2.75) is 32.2 Å². The maximum atomic E-state index is 10.4. The van der Waals surface area contributed by atoms with Gasteiger partial charge >= 0.3 is 5.97 Å². The van der Waals surface area contributed by atoms with Crippen molar-refractivity contribution in [1.29, 1.82) is 0 Å². The van der Waals surface area contributed by atoms with Crippen molar-refractivity contribution in [2.75, 3.05) is 13.2 Å². The maximum absolute atomic E-state index is 10.4. The van der Waals surface area contributed by atoms with Gasteiger partial charge in [-0.25, -0.2) is 0 Å². The number of ether oxygens (including phenoxy) is 1. The van der Waals surface area contributed by atoms with Crippen molar-refractivity contribution in [2.24, 2.45) is 0 Å². The minimum atomic E-state index is -0.812. The lowest BCUT2D eigenvalue weighted by molar-refractivity contribution is -0.137.